The van der Waals surface area contributed by atoms with Crippen molar-refractivity contribution in [2.24, 2.45) is 5.92 Å². The summed E-state index contributed by atoms with van der Waals surface area (Å²) < 4.78 is 0. The van der Waals surface area contributed by atoms with Crippen molar-refractivity contribution in [2.75, 3.05) is 11.9 Å². The van der Waals surface area contributed by atoms with E-state index in [1.807, 2.05) is 0 Å². The summed E-state index contributed by atoms with van der Waals surface area (Å²) in [6.07, 6.45) is 2.46. The van der Waals surface area contributed by atoms with Crippen LogP contribution in [-0.2, 0) is 6.42 Å². The lowest BCUT2D eigenvalue weighted by molar-refractivity contribution is 0.817. The van der Waals surface area contributed by atoms with Crippen molar-refractivity contribution in [3.63, 3.8) is 0 Å². The molecule has 0 bridgehead atoms. The Morgan fingerprint density at radius 3 is 2.58 bits per heavy atom. The number of nitrogens with one attached hydrogen (secondary N) is 1. The first-order valence-electron chi connectivity index (χ1n) is 7.36. The molecule has 1 atom stereocenters. The van der Waals surface area contributed by atoms with Crippen molar-refractivity contribution in [2.45, 2.75) is 40.5 Å². The summed E-state index contributed by atoms with van der Waals surface area (Å²) in [4.78, 5) is 0. The second-order valence-corrected chi connectivity index (χ2v) is 5.96. The van der Waals surface area contributed by atoms with Gasteiger partial charge in [0, 0.05) is 17.8 Å². The molecular weight excluding hydrogens is 230 g/mol. The fourth-order valence-corrected chi connectivity index (χ4v) is 3.49. The summed E-state index contributed by atoms with van der Waals surface area (Å²) in [6.45, 7) is 10.3. The van der Waals surface area contributed by atoms with Crippen molar-refractivity contribution in [1.29, 1.82) is 0 Å². The quantitative estimate of drug-likeness (QED) is 0.757. The molecule has 1 nitrogen and oxygen atoms in total. The lowest BCUT2D eigenvalue weighted by atomic mass is 9.91. The summed E-state index contributed by atoms with van der Waals surface area (Å²) in [5.41, 5.74) is 10.3. The molecule has 1 aliphatic carbocycles. The predicted molar refractivity (Wildman–Crippen MR) is 83.4 cm³/mol. The van der Waals surface area contributed by atoms with E-state index in [9.17, 15) is 0 Å². The lowest BCUT2D eigenvalue weighted by Gasteiger charge is -2.23. The third kappa shape index (κ3) is 1.83. The maximum Gasteiger partial charge on any atom is 0.0452 e. The van der Waals surface area contributed by atoms with Crippen molar-refractivity contribution in [3.05, 3.63) is 46.0 Å². The Morgan fingerprint density at radius 1 is 1.11 bits per heavy atom. The standard InChI is InChI=1S/C18H23N/c1-11-12(2)14(4)17(13(11)3)16-9-5-7-15-8-6-10-19-18(15)16/h5,7,9,11,19H,6,8,10H2,1-4H3. The van der Waals surface area contributed by atoms with Gasteiger partial charge in [-0.05, 0) is 56.2 Å². The molecule has 0 aromatic heterocycles. The second-order valence-electron chi connectivity index (χ2n) is 5.96. The highest BCUT2D eigenvalue weighted by molar-refractivity contribution is 5.91. The Hall–Kier alpha value is -1.50. The van der Waals surface area contributed by atoms with E-state index in [0.29, 0.717) is 5.92 Å². The normalized spacial score (nSPS) is 22.6. The monoisotopic (exact) mass is 253 g/mol. The zero-order valence-corrected chi connectivity index (χ0v) is 12.4. The third-order valence-corrected chi connectivity index (χ3v) is 5.00. The number of fused-ring (bicyclic) bond motifs is 1. The van der Waals surface area contributed by atoms with Crippen LogP contribution in [0.1, 0.15) is 45.2 Å². The van der Waals surface area contributed by atoms with E-state index in [1.165, 1.54) is 51.9 Å². The molecule has 1 aromatic rings. The molecule has 1 N–H and O–H groups in total. The number of hydrogen-bond donors (Lipinski definition) is 1. The van der Waals surface area contributed by atoms with Gasteiger partial charge in [-0.15, -0.1) is 0 Å². The van der Waals surface area contributed by atoms with E-state index in [-0.39, 0.29) is 0 Å². The zero-order chi connectivity index (χ0) is 13.6. The van der Waals surface area contributed by atoms with Crippen LogP contribution in [0.5, 0.6) is 0 Å². The van der Waals surface area contributed by atoms with Gasteiger partial charge in [-0.1, -0.05) is 36.3 Å². The van der Waals surface area contributed by atoms with Crippen molar-refractivity contribution in [1.82, 2.24) is 0 Å². The molecule has 1 heterocycles. The largest absolute Gasteiger partial charge is 0.384 e. The van der Waals surface area contributed by atoms with E-state index >= 15 is 0 Å². The van der Waals surface area contributed by atoms with E-state index in [1.54, 1.807) is 0 Å². The highest BCUT2D eigenvalue weighted by Gasteiger charge is 2.26. The van der Waals surface area contributed by atoms with E-state index < -0.39 is 0 Å². The Balaban J connectivity index is 2.19. The number of para-hydroxylation sites is 1. The van der Waals surface area contributed by atoms with Gasteiger partial charge in [-0.25, -0.2) is 0 Å². The molecule has 100 valence electrons. The summed E-state index contributed by atoms with van der Waals surface area (Å²) in [5.74, 6) is 0.592. The number of anilines is 1. The van der Waals surface area contributed by atoms with Crippen LogP contribution < -0.4 is 5.32 Å². The minimum atomic E-state index is 0.592. The first-order chi connectivity index (χ1) is 9.11. The number of aryl methyl sites for hydroxylation is 1. The van der Waals surface area contributed by atoms with Crippen molar-refractivity contribution < 1.29 is 0 Å². The highest BCUT2D eigenvalue weighted by atomic mass is 14.9. The maximum absolute atomic E-state index is 3.62. The van der Waals surface area contributed by atoms with Crippen LogP contribution in [0.2, 0.25) is 0 Å². The topological polar surface area (TPSA) is 12.0 Å². The van der Waals surface area contributed by atoms with Crippen LogP contribution >= 0.6 is 0 Å². The fourth-order valence-electron chi connectivity index (χ4n) is 3.49. The van der Waals surface area contributed by atoms with Gasteiger partial charge in [0.25, 0.3) is 0 Å². The number of hydrogen-bond acceptors (Lipinski definition) is 1. The SMILES string of the molecule is CC1=C(C)C(C)C(C)=C1c1cccc2c1NCCC2. The van der Waals surface area contributed by atoms with Gasteiger partial charge in [0.15, 0.2) is 0 Å². The third-order valence-electron chi connectivity index (χ3n) is 5.00. The molecule has 0 fully saturated rings. The van der Waals surface area contributed by atoms with Gasteiger partial charge in [0.05, 0.1) is 0 Å². The second kappa shape index (κ2) is 4.56. The van der Waals surface area contributed by atoms with Gasteiger partial charge in [-0.2, -0.15) is 0 Å². The molecule has 0 spiro atoms. The maximum atomic E-state index is 3.62. The van der Waals surface area contributed by atoms with Gasteiger partial charge < -0.3 is 5.32 Å². The molecule has 19 heavy (non-hydrogen) atoms. The Bertz CT molecular complexity index is 590. The molecule has 1 unspecified atom stereocenters. The Kier molecular flexibility index (Phi) is 3.00. The first-order valence-corrected chi connectivity index (χ1v) is 7.36. The van der Waals surface area contributed by atoms with Crippen LogP contribution in [0.4, 0.5) is 5.69 Å². The van der Waals surface area contributed by atoms with Gasteiger partial charge in [-0.3, -0.25) is 0 Å². The minimum absolute atomic E-state index is 0.592. The van der Waals surface area contributed by atoms with Crippen LogP contribution in [0.3, 0.4) is 0 Å². The number of benzene rings is 1. The summed E-state index contributed by atoms with van der Waals surface area (Å²) in [7, 11) is 0. The van der Waals surface area contributed by atoms with E-state index in [4.69, 9.17) is 0 Å². The van der Waals surface area contributed by atoms with Crippen LogP contribution in [-0.4, -0.2) is 6.54 Å². The van der Waals surface area contributed by atoms with E-state index in [0.717, 1.165) is 6.54 Å². The molecule has 0 amide bonds. The first kappa shape index (κ1) is 12.5. The van der Waals surface area contributed by atoms with Crippen LogP contribution in [0, 0.1) is 5.92 Å². The zero-order valence-electron chi connectivity index (χ0n) is 12.4. The van der Waals surface area contributed by atoms with E-state index in [2.05, 4.69) is 51.2 Å². The Morgan fingerprint density at radius 2 is 1.89 bits per heavy atom. The summed E-state index contributed by atoms with van der Waals surface area (Å²) in [6, 6.07) is 6.77. The van der Waals surface area contributed by atoms with Crippen molar-refractivity contribution >= 4 is 11.3 Å². The average Bonchev–Trinajstić information content (AvgIpc) is 2.63. The highest BCUT2D eigenvalue weighted by Crippen LogP contribution is 2.45. The number of allylic oxidation sites excluding steroid dienone is 4. The van der Waals surface area contributed by atoms with Gasteiger partial charge >= 0.3 is 0 Å². The minimum Gasteiger partial charge on any atom is -0.384 e. The smallest absolute Gasteiger partial charge is 0.0452 e. The molecular formula is C18H23N. The van der Waals surface area contributed by atoms with Gasteiger partial charge in [0.1, 0.15) is 0 Å². The molecule has 0 saturated carbocycles. The average molecular weight is 253 g/mol. The molecule has 0 radical (unpaired) electrons. The number of rotatable bonds is 1. The fraction of sp³-hybridized carbons (Fsp3) is 0.444. The molecule has 2 aliphatic rings. The molecule has 1 aromatic carbocycles. The summed E-state index contributed by atoms with van der Waals surface area (Å²) in [5, 5.41) is 3.62. The Labute approximate surface area is 116 Å². The van der Waals surface area contributed by atoms with Gasteiger partial charge in [0.2, 0.25) is 0 Å². The van der Waals surface area contributed by atoms with Crippen LogP contribution in [0.15, 0.2) is 34.9 Å². The lowest BCUT2D eigenvalue weighted by Crippen LogP contribution is -2.13. The molecule has 0 saturated heterocycles. The summed E-state index contributed by atoms with van der Waals surface area (Å²) >= 11 is 0. The molecule has 1 heteroatoms. The van der Waals surface area contributed by atoms with Crippen LogP contribution in [0.25, 0.3) is 5.57 Å². The molecule has 1 aliphatic heterocycles. The molecule has 3 rings (SSSR count). The predicted octanol–water partition coefficient (Wildman–Crippen LogP) is 4.80. The van der Waals surface area contributed by atoms with Crippen molar-refractivity contribution in [3.8, 4) is 0 Å².